The van der Waals surface area contributed by atoms with E-state index in [2.05, 4.69) is 15.4 Å². The summed E-state index contributed by atoms with van der Waals surface area (Å²) in [6.07, 6.45) is 7.37. The van der Waals surface area contributed by atoms with Crippen molar-refractivity contribution in [1.82, 2.24) is 14.8 Å². The molecule has 0 bridgehead atoms. The van der Waals surface area contributed by atoms with Crippen LogP contribution in [0.15, 0.2) is 36.8 Å². The lowest BCUT2D eigenvalue weighted by Crippen LogP contribution is -2.30. The lowest BCUT2D eigenvalue weighted by atomic mass is 10.2. The maximum Gasteiger partial charge on any atom is 0.254 e. The number of nitrogens with one attached hydrogen (secondary N) is 1. The quantitative estimate of drug-likeness (QED) is 0.828. The van der Waals surface area contributed by atoms with Crippen molar-refractivity contribution in [3.05, 3.63) is 42.4 Å². The first kappa shape index (κ1) is 15.6. The van der Waals surface area contributed by atoms with Crippen LogP contribution < -0.4 is 11.1 Å². The van der Waals surface area contributed by atoms with Gasteiger partial charge < -0.3 is 15.8 Å². The van der Waals surface area contributed by atoms with Gasteiger partial charge in [-0.05, 0) is 37.0 Å². The highest BCUT2D eigenvalue weighted by Gasteiger charge is 2.30. The third kappa shape index (κ3) is 4.14. The second-order valence-electron chi connectivity index (χ2n) is 5.62. The van der Waals surface area contributed by atoms with Crippen LogP contribution in [0.1, 0.15) is 18.4 Å². The zero-order chi connectivity index (χ0) is 16.1. The monoisotopic (exact) mass is 315 g/mol. The summed E-state index contributed by atoms with van der Waals surface area (Å²) in [6.45, 7) is 1.20. The van der Waals surface area contributed by atoms with Gasteiger partial charge in [0.2, 0.25) is 0 Å². The Morgan fingerprint density at radius 3 is 2.91 bits per heavy atom. The van der Waals surface area contributed by atoms with Crippen molar-refractivity contribution in [2.45, 2.75) is 38.0 Å². The summed E-state index contributed by atoms with van der Waals surface area (Å²) in [5.74, 6) is 0.393. The summed E-state index contributed by atoms with van der Waals surface area (Å²) >= 11 is 0. The van der Waals surface area contributed by atoms with Crippen LogP contribution in [0.25, 0.3) is 0 Å². The van der Waals surface area contributed by atoms with Gasteiger partial charge in [0.1, 0.15) is 6.10 Å². The number of hydrogen-bond donors (Lipinski definition) is 2. The fourth-order valence-electron chi connectivity index (χ4n) is 2.62. The van der Waals surface area contributed by atoms with E-state index >= 15 is 0 Å². The number of aromatic nitrogens is 3. The van der Waals surface area contributed by atoms with E-state index < -0.39 is 6.10 Å². The summed E-state index contributed by atoms with van der Waals surface area (Å²) in [6, 6.07) is 5.76. The molecule has 0 unspecified atom stereocenters. The topological polar surface area (TPSA) is 95.1 Å². The van der Waals surface area contributed by atoms with Crippen molar-refractivity contribution < 1.29 is 9.53 Å². The first-order valence-corrected chi connectivity index (χ1v) is 7.83. The molecule has 2 aromatic heterocycles. The number of carbonyl (C=O) groups is 1. The third-order valence-electron chi connectivity index (χ3n) is 3.93. The van der Waals surface area contributed by atoms with E-state index in [9.17, 15) is 4.79 Å². The molecule has 122 valence electrons. The lowest BCUT2D eigenvalue weighted by Gasteiger charge is -2.11. The number of hydrogen-bond acceptors (Lipinski definition) is 5. The summed E-state index contributed by atoms with van der Waals surface area (Å²) < 4.78 is 7.39. The van der Waals surface area contributed by atoms with Crippen LogP contribution in [-0.4, -0.2) is 39.4 Å². The molecule has 3 heterocycles. The molecule has 0 radical (unpaired) electrons. The Morgan fingerprint density at radius 1 is 1.35 bits per heavy atom. The van der Waals surface area contributed by atoms with E-state index in [0.29, 0.717) is 18.8 Å². The normalized spacial score (nSPS) is 20.6. The molecular formula is C16H21N5O2. The summed E-state index contributed by atoms with van der Waals surface area (Å²) in [7, 11) is 0. The van der Waals surface area contributed by atoms with Crippen molar-refractivity contribution in [3.63, 3.8) is 0 Å². The highest BCUT2D eigenvalue weighted by atomic mass is 16.5. The van der Waals surface area contributed by atoms with E-state index in [4.69, 9.17) is 10.5 Å². The molecule has 3 N–H and O–H groups in total. The number of nitrogens with zero attached hydrogens (tertiary/aromatic N) is 3. The highest BCUT2D eigenvalue weighted by Crippen LogP contribution is 2.20. The van der Waals surface area contributed by atoms with Gasteiger partial charge in [-0.25, -0.2) is 0 Å². The standard InChI is InChI=1S/C16H21N5O2/c17-11-13-1-2-14(23-13)16(22)19-15-6-10-21(20-15)9-5-12-3-7-18-8-4-12/h3-4,6-8,10,13-14H,1-2,5,9,11,17H2,(H,19,20,22)/t13-,14+/m1/s1. The number of carbonyl (C=O) groups excluding carboxylic acids is 1. The fraction of sp³-hybridized carbons (Fsp3) is 0.438. The minimum absolute atomic E-state index is 0.0105. The van der Waals surface area contributed by atoms with Gasteiger partial charge in [0.05, 0.1) is 6.10 Å². The van der Waals surface area contributed by atoms with E-state index in [0.717, 1.165) is 19.4 Å². The van der Waals surface area contributed by atoms with E-state index in [-0.39, 0.29) is 12.0 Å². The van der Waals surface area contributed by atoms with Crippen LogP contribution in [0.2, 0.25) is 0 Å². The second kappa shape index (κ2) is 7.34. The summed E-state index contributed by atoms with van der Waals surface area (Å²) in [4.78, 5) is 16.1. The molecule has 0 aliphatic carbocycles. The third-order valence-corrected chi connectivity index (χ3v) is 3.93. The Balaban J connectivity index is 1.50. The molecule has 0 saturated carbocycles. The zero-order valence-corrected chi connectivity index (χ0v) is 12.9. The predicted molar refractivity (Wildman–Crippen MR) is 85.7 cm³/mol. The molecule has 1 amide bonds. The van der Waals surface area contributed by atoms with Gasteiger partial charge in [-0.1, -0.05) is 0 Å². The lowest BCUT2D eigenvalue weighted by molar-refractivity contribution is -0.126. The van der Waals surface area contributed by atoms with Crippen molar-refractivity contribution in [3.8, 4) is 0 Å². The molecule has 3 rings (SSSR count). The van der Waals surface area contributed by atoms with Crippen LogP contribution in [0, 0.1) is 0 Å². The van der Waals surface area contributed by atoms with Crippen LogP contribution in [-0.2, 0) is 22.5 Å². The van der Waals surface area contributed by atoms with E-state index in [1.807, 2.05) is 23.0 Å². The molecule has 2 atom stereocenters. The zero-order valence-electron chi connectivity index (χ0n) is 12.9. The van der Waals surface area contributed by atoms with Gasteiger partial charge in [0.15, 0.2) is 5.82 Å². The molecule has 23 heavy (non-hydrogen) atoms. The number of amides is 1. The SMILES string of the molecule is NC[C@H]1CC[C@@H](C(=O)Nc2ccn(CCc3ccncc3)n2)O1. The van der Waals surface area contributed by atoms with Gasteiger partial charge in [0, 0.05) is 37.7 Å². The van der Waals surface area contributed by atoms with Gasteiger partial charge in [-0.3, -0.25) is 14.5 Å². The number of anilines is 1. The van der Waals surface area contributed by atoms with Crippen LogP contribution >= 0.6 is 0 Å². The average molecular weight is 315 g/mol. The minimum Gasteiger partial charge on any atom is -0.364 e. The number of aryl methyl sites for hydroxylation is 2. The number of nitrogens with two attached hydrogens (primary N) is 1. The Morgan fingerprint density at radius 2 is 2.17 bits per heavy atom. The number of ether oxygens (including phenoxy) is 1. The van der Waals surface area contributed by atoms with Gasteiger partial charge in [0.25, 0.3) is 5.91 Å². The molecule has 2 aromatic rings. The molecule has 7 nitrogen and oxygen atoms in total. The Hall–Kier alpha value is -2.25. The fourth-order valence-corrected chi connectivity index (χ4v) is 2.62. The van der Waals surface area contributed by atoms with Gasteiger partial charge in [-0.2, -0.15) is 5.10 Å². The van der Waals surface area contributed by atoms with E-state index in [1.165, 1.54) is 5.56 Å². The molecular weight excluding hydrogens is 294 g/mol. The summed E-state index contributed by atoms with van der Waals surface area (Å²) in [5.41, 5.74) is 6.76. The van der Waals surface area contributed by atoms with Crippen molar-refractivity contribution in [2.75, 3.05) is 11.9 Å². The maximum atomic E-state index is 12.1. The first-order chi connectivity index (χ1) is 11.2. The average Bonchev–Trinajstić information content (AvgIpc) is 3.23. The first-order valence-electron chi connectivity index (χ1n) is 7.83. The van der Waals surface area contributed by atoms with Crippen molar-refractivity contribution >= 4 is 11.7 Å². The number of rotatable bonds is 6. The largest absolute Gasteiger partial charge is 0.364 e. The number of pyridine rings is 1. The Bertz CT molecular complexity index is 643. The second-order valence-corrected chi connectivity index (χ2v) is 5.62. The summed E-state index contributed by atoms with van der Waals surface area (Å²) in [5, 5.41) is 7.17. The van der Waals surface area contributed by atoms with Crippen molar-refractivity contribution in [1.29, 1.82) is 0 Å². The van der Waals surface area contributed by atoms with Gasteiger partial charge >= 0.3 is 0 Å². The molecule has 1 saturated heterocycles. The van der Waals surface area contributed by atoms with Crippen LogP contribution in [0.3, 0.4) is 0 Å². The molecule has 0 spiro atoms. The smallest absolute Gasteiger partial charge is 0.254 e. The Kier molecular flexibility index (Phi) is 4.99. The van der Waals surface area contributed by atoms with Crippen LogP contribution in [0.4, 0.5) is 5.82 Å². The Labute approximate surface area is 134 Å². The predicted octanol–water partition coefficient (Wildman–Crippen LogP) is 0.966. The van der Waals surface area contributed by atoms with Crippen LogP contribution in [0.5, 0.6) is 0 Å². The van der Waals surface area contributed by atoms with E-state index in [1.54, 1.807) is 18.5 Å². The van der Waals surface area contributed by atoms with Gasteiger partial charge in [-0.15, -0.1) is 0 Å². The van der Waals surface area contributed by atoms with Crippen molar-refractivity contribution in [2.24, 2.45) is 5.73 Å². The molecule has 1 aliphatic heterocycles. The minimum atomic E-state index is -0.425. The highest BCUT2D eigenvalue weighted by molar-refractivity contribution is 5.93. The molecule has 1 fully saturated rings. The molecule has 0 aromatic carbocycles. The molecule has 1 aliphatic rings. The molecule has 7 heteroatoms. The maximum absolute atomic E-state index is 12.1.